The van der Waals surface area contributed by atoms with Crippen molar-refractivity contribution in [3.8, 4) is 50.6 Å². The van der Waals surface area contributed by atoms with Crippen LogP contribution in [0.2, 0.25) is 0 Å². The molecule has 16 bridgehead atoms. The summed E-state index contributed by atoms with van der Waals surface area (Å²) in [6.45, 7) is 9.43. The fraction of sp³-hybridized carbons (Fsp3) is 0.221. The van der Waals surface area contributed by atoms with Gasteiger partial charge in [0.2, 0.25) is 34.7 Å². The van der Waals surface area contributed by atoms with E-state index in [4.69, 9.17) is 14.5 Å². The molecular weight excluding hydrogens is 1290 g/mol. The van der Waals surface area contributed by atoms with Gasteiger partial charge >= 0.3 is 0 Å². The van der Waals surface area contributed by atoms with Crippen molar-refractivity contribution in [1.29, 1.82) is 0 Å². The molecule has 10 aliphatic heterocycles. The van der Waals surface area contributed by atoms with E-state index in [0.717, 1.165) is 189 Å². The van der Waals surface area contributed by atoms with Crippen LogP contribution in [0, 0.1) is 44.1 Å². The zero-order valence-corrected chi connectivity index (χ0v) is 52.4. The van der Waals surface area contributed by atoms with E-state index in [-0.39, 0.29) is 20.1 Å². The Morgan fingerprint density at radius 3 is 1.20 bits per heavy atom. The standard InChI is InChI=1S/C77H66N9O3.Ir/c1-4-17-58(18-5-1)63-44-66-75-69(47-63)88-85-38-32-56-27-25-53-14-10-15-55-31-37-84-72(41-55)81-52-80(68-46-65(48-70(87-84)76(68)81)60-21-8-3-9-22-60)36-13-24-62-40-54(16-11-34-78(66)50-82(75)73(85)42-56)29-30-61(62)23-12-35-79-51-83-74-43-57(28-26-53)33-39-86(74)89-71-49-64(45-67(79)77(71)83)59-19-6-2-7-20-59;/h1-9,17-22,29-33,37-40,44-53H,10-16,23-28,34-36H2;/q-3;. The van der Waals surface area contributed by atoms with Crippen molar-refractivity contribution in [2.24, 2.45) is 5.92 Å². The average molecular weight is 1360 g/mol. The molecule has 1 radical (unpaired) electrons. The van der Waals surface area contributed by atoms with Gasteiger partial charge in [-0.15, -0.1) is 18.2 Å². The Balaban J connectivity index is 0.00000624. The maximum Gasteiger partial charge on any atom is 0.227 e. The van der Waals surface area contributed by atoms with E-state index in [0.29, 0.717) is 5.92 Å². The van der Waals surface area contributed by atoms with Gasteiger partial charge in [0.05, 0.1) is 35.7 Å². The van der Waals surface area contributed by atoms with Crippen molar-refractivity contribution in [2.45, 2.75) is 83.5 Å². The Morgan fingerprint density at radius 2 is 0.767 bits per heavy atom. The van der Waals surface area contributed by atoms with E-state index >= 15 is 0 Å². The van der Waals surface area contributed by atoms with Crippen LogP contribution in [0.1, 0.15) is 78.3 Å². The van der Waals surface area contributed by atoms with Gasteiger partial charge in [-0.2, -0.15) is 18.2 Å². The Morgan fingerprint density at radius 1 is 0.367 bits per heavy atom. The molecule has 13 heterocycles. The Hall–Kier alpha value is -9.16. The number of hydrogen-bond donors (Lipinski definition) is 0. The zero-order chi connectivity index (χ0) is 58.5. The minimum Gasteiger partial charge on any atom is -0.478 e. The number of pyridine rings is 3. The van der Waals surface area contributed by atoms with Crippen LogP contribution >= 0.6 is 0 Å². The van der Waals surface area contributed by atoms with Gasteiger partial charge in [-0.25, -0.2) is 16.7 Å². The van der Waals surface area contributed by atoms with Crippen LogP contribution in [0.25, 0.3) is 33.4 Å². The SMILES string of the molecule is [Ir].[c-]1c2cc[n+]3c1N1[CH-]N(CCCc4ccc5c(c4)CCCN4[CH-]N6c7c(cc(-c8ccccc8)cc74)O[n+]4ccc([c-]c46)CCCC(CC2)CCc2[c-]c4[n+](cc2)Oc2cc(-c6ccccc6)cc6c2N4[CH-]N6CCC5)c2cc(-c4ccccc4)cc(c21)O3. The summed E-state index contributed by atoms with van der Waals surface area (Å²) in [6.07, 6.45) is 18.8. The second-order valence-electron chi connectivity index (χ2n) is 25.0. The molecule has 12 nitrogen and oxygen atoms in total. The van der Waals surface area contributed by atoms with Crippen molar-refractivity contribution in [3.63, 3.8) is 0 Å². The molecule has 0 N–H and O–H groups in total. The second kappa shape index (κ2) is 22.7. The Kier molecular flexibility index (Phi) is 13.9. The van der Waals surface area contributed by atoms with Crippen molar-refractivity contribution in [3.05, 3.63) is 254 Å². The molecule has 10 aliphatic rings. The van der Waals surface area contributed by atoms with Gasteiger partial charge in [0.25, 0.3) is 0 Å². The number of benzene rings is 7. The first kappa shape index (κ1) is 54.9. The fourth-order valence-electron chi connectivity index (χ4n) is 14.8. The van der Waals surface area contributed by atoms with Crippen LogP contribution in [0.5, 0.6) is 17.2 Å². The first-order valence-corrected chi connectivity index (χ1v) is 32.0. The van der Waals surface area contributed by atoms with Crippen LogP contribution in [0.3, 0.4) is 0 Å². The number of nitrogens with zero attached hydrogens (tertiary/aromatic N) is 9. The van der Waals surface area contributed by atoms with Crippen LogP contribution in [0.4, 0.5) is 51.6 Å². The van der Waals surface area contributed by atoms with E-state index in [1.165, 1.54) is 50.1 Å². The minimum absolute atomic E-state index is 0. The van der Waals surface area contributed by atoms with Crippen molar-refractivity contribution in [1.82, 2.24) is 0 Å². The number of fused-ring (bicyclic) bond motifs is 5. The van der Waals surface area contributed by atoms with Gasteiger partial charge in [0, 0.05) is 20.1 Å². The third-order valence-electron chi connectivity index (χ3n) is 19.4. The summed E-state index contributed by atoms with van der Waals surface area (Å²) in [7, 11) is 0. The number of aryl methyl sites for hydroxylation is 6. The first-order chi connectivity index (χ1) is 44.0. The van der Waals surface area contributed by atoms with E-state index in [2.05, 4.69) is 250 Å². The predicted octanol–water partition coefficient (Wildman–Crippen LogP) is 14.4. The minimum atomic E-state index is 0. The Labute approximate surface area is 540 Å². The van der Waals surface area contributed by atoms with Gasteiger partial charge in [-0.3, -0.25) is 14.5 Å². The molecule has 7 aromatic carbocycles. The van der Waals surface area contributed by atoms with Gasteiger partial charge in [-0.1, -0.05) is 175 Å². The number of aromatic nitrogens is 3. The third kappa shape index (κ3) is 9.79. The van der Waals surface area contributed by atoms with E-state index < -0.39 is 0 Å². The molecule has 0 saturated heterocycles. The van der Waals surface area contributed by atoms with Crippen LogP contribution in [0.15, 0.2) is 182 Å². The molecule has 0 aliphatic carbocycles. The largest absolute Gasteiger partial charge is 0.478 e. The summed E-state index contributed by atoms with van der Waals surface area (Å²) in [6, 6.07) is 71.5. The second-order valence-corrected chi connectivity index (χ2v) is 25.0. The molecule has 13 heteroatoms. The molecule has 1 atom stereocenters. The van der Waals surface area contributed by atoms with Crippen molar-refractivity contribution in [2.75, 3.05) is 49.0 Å². The molecule has 0 amide bonds. The molecule has 449 valence electrons. The normalized spacial score (nSPS) is 17.5. The van der Waals surface area contributed by atoms with E-state index in [1.807, 2.05) is 14.2 Å². The van der Waals surface area contributed by atoms with Gasteiger partial charge < -0.3 is 29.4 Å². The maximum absolute atomic E-state index is 6.85. The summed E-state index contributed by atoms with van der Waals surface area (Å²) < 4.78 is 5.72. The molecule has 0 fully saturated rings. The monoisotopic (exact) mass is 1360 g/mol. The molecule has 1 unspecified atom stereocenters. The number of rotatable bonds is 3. The van der Waals surface area contributed by atoms with Gasteiger partial charge in [0.15, 0.2) is 17.1 Å². The molecular formula is C77H66IrN9O3-3. The maximum atomic E-state index is 6.85. The average Bonchev–Trinajstić information content (AvgIpc) is 1.56. The number of anilines is 9. The first-order valence-electron chi connectivity index (χ1n) is 32.0. The van der Waals surface area contributed by atoms with Crippen molar-refractivity contribution >= 4 is 51.6 Å². The molecule has 0 spiro atoms. The molecule has 0 saturated carbocycles. The molecule has 3 aromatic heterocycles. The third-order valence-corrected chi connectivity index (χ3v) is 19.4. The van der Waals surface area contributed by atoms with Crippen LogP contribution < -0.4 is 58.1 Å². The summed E-state index contributed by atoms with van der Waals surface area (Å²) in [5, 5.41) is 0. The van der Waals surface area contributed by atoms with Crippen LogP contribution in [-0.4, -0.2) is 19.6 Å². The topological polar surface area (TPSA) is 58.8 Å². The Bertz CT molecular complexity index is 4430. The van der Waals surface area contributed by atoms with E-state index in [1.54, 1.807) is 0 Å². The van der Waals surface area contributed by atoms with E-state index in [9.17, 15) is 0 Å². The quantitative estimate of drug-likeness (QED) is 0.127. The van der Waals surface area contributed by atoms with Gasteiger partial charge in [0.1, 0.15) is 0 Å². The fourth-order valence-corrected chi connectivity index (χ4v) is 14.8. The zero-order valence-electron chi connectivity index (χ0n) is 50.0. The molecule has 20 rings (SSSR count). The smallest absolute Gasteiger partial charge is 0.227 e. The van der Waals surface area contributed by atoms with Crippen molar-refractivity contribution < 1.29 is 48.8 Å². The predicted molar refractivity (Wildman–Crippen MR) is 346 cm³/mol. The van der Waals surface area contributed by atoms with Crippen LogP contribution in [-0.2, 0) is 58.6 Å². The number of hydrogen-bond acceptors (Lipinski definition) is 9. The summed E-state index contributed by atoms with van der Waals surface area (Å²) in [4.78, 5) is 34.9. The molecule has 10 aromatic rings. The summed E-state index contributed by atoms with van der Waals surface area (Å²) in [5.74, 6) is 5.65. The summed E-state index contributed by atoms with van der Waals surface area (Å²) >= 11 is 0. The summed E-state index contributed by atoms with van der Waals surface area (Å²) in [5.41, 5.74) is 21.4. The van der Waals surface area contributed by atoms with Gasteiger partial charge in [-0.05, 0) is 163 Å². The molecule has 90 heavy (non-hydrogen) atoms.